The van der Waals surface area contributed by atoms with Crippen molar-refractivity contribution in [2.24, 2.45) is 0 Å². The molecule has 1 atom stereocenters. The summed E-state index contributed by atoms with van der Waals surface area (Å²) in [5, 5.41) is 18.8. The van der Waals surface area contributed by atoms with E-state index in [0.717, 1.165) is 37.2 Å². The van der Waals surface area contributed by atoms with Crippen LogP contribution in [0.25, 0.3) is 0 Å². The van der Waals surface area contributed by atoms with Crippen molar-refractivity contribution in [2.45, 2.75) is 25.0 Å². The van der Waals surface area contributed by atoms with Gasteiger partial charge in [-0.15, -0.1) is 0 Å². The van der Waals surface area contributed by atoms with Gasteiger partial charge in [-0.3, -0.25) is 4.90 Å². The number of ether oxygens (including phenoxy) is 1. The van der Waals surface area contributed by atoms with Gasteiger partial charge in [-0.25, -0.2) is 0 Å². The van der Waals surface area contributed by atoms with Gasteiger partial charge in [0.25, 0.3) is 0 Å². The van der Waals surface area contributed by atoms with Crippen LogP contribution in [-0.2, 0) is 0 Å². The van der Waals surface area contributed by atoms with E-state index in [1.165, 1.54) is 0 Å². The van der Waals surface area contributed by atoms with Crippen LogP contribution in [0.3, 0.4) is 0 Å². The number of aliphatic hydroxyl groups excluding tert-OH is 1. The summed E-state index contributed by atoms with van der Waals surface area (Å²) in [7, 11) is 1.63. The van der Waals surface area contributed by atoms with Gasteiger partial charge in [0.15, 0.2) is 0 Å². The molecule has 0 bridgehead atoms. The summed E-state index contributed by atoms with van der Waals surface area (Å²) < 4.78 is 5.11. The van der Waals surface area contributed by atoms with Crippen LogP contribution >= 0.6 is 0 Å². The minimum Gasteiger partial charge on any atom is -0.497 e. The zero-order valence-electron chi connectivity index (χ0n) is 10.5. The Morgan fingerprint density at radius 1 is 1.33 bits per heavy atom. The summed E-state index contributed by atoms with van der Waals surface area (Å²) >= 11 is 0. The van der Waals surface area contributed by atoms with Crippen LogP contribution in [0.5, 0.6) is 5.75 Å². The molecule has 0 spiro atoms. The second kappa shape index (κ2) is 5.85. The fraction of sp³-hybridized carbons (Fsp3) is 0.500. The third kappa shape index (κ3) is 2.81. The van der Waals surface area contributed by atoms with Gasteiger partial charge in [-0.1, -0.05) is 12.1 Å². The first-order valence-corrected chi connectivity index (χ1v) is 6.20. The fourth-order valence-corrected chi connectivity index (χ4v) is 2.30. The van der Waals surface area contributed by atoms with Crippen molar-refractivity contribution in [2.75, 3.05) is 20.2 Å². The molecule has 0 amide bonds. The van der Waals surface area contributed by atoms with Gasteiger partial charge in [-0.2, -0.15) is 5.26 Å². The lowest BCUT2D eigenvalue weighted by Crippen LogP contribution is -2.38. The third-order valence-corrected chi connectivity index (χ3v) is 3.42. The molecule has 18 heavy (non-hydrogen) atoms. The van der Waals surface area contributed by atoms with E-state index in [1.807, 2.05) is 24.3 Å². The highest BCUT2D eigenvalue weighted by atomic mass is 16.5. The van der Waals surface area contributed by atoms with E-state index in [1.54, 1.807) is 7.11 Å². The van der Waals surface area contributed by atoms with Crippen LogP contribution in [0.15, 0.2) is 24.3 Å². The molecule has 1 aliphatic rings. The van der Waals surface area contributed by atoms with Crippen molar-refractivity contribution in [3.8, 4) is 11.8 Å². The summed E-state index contributed by atoms with van der Waals surface area (Å²) in [4.78, 5) is 2.12. The van der Waals surface area contributed by atoms with Crippen molar-refractivity contribution in [1.29, 1.82) is 5.26 Å². The van der Waals surface area contributed by atoms with Gasteiger partial charge in [0.1, 0.15) is 11.8 Å². The molecule has 1 aromatic rings. The summed E-state index contributed by atoms with van der Waals surface area (Å²) in [6, 6.07) is 9.71. The number of aliphatic hydroxyl groups is 1. The number of methoxy groups -OCH3 is 1. The lowest BCUT2D eigenvalue weighted by Gasteiger charge is -2.32. The fourth-order valence-electron chi connectivity index (χ4n) is 2.30. The molecule has 0 radical (unpaired) electrons. The number of likely N-dealkylation sites (tertiary alicyclic amines) is 1. The monoisotopic (exact) mass is 246 g/mol. The Labute approximate surface area is 107 Å². The van der Waals surface area contributed by atoms with E-state index in [-0.39, 0.29) is 12.1 Å². The molecule has 0 aliphatic carbocycles. The van der Waals surface area contributed by atoms with E-state index in [0.29, 0.717) is 0 Å². The minimum atomic E-state index is -0.233. The number of nitrogens with zero attached hydrogens (tertiary/aromatic N) is 2. The largest absolute Gasteiger partial charge is 0.497 e. The Morgan fingerprint density at radius 2 is 1.94 bits per heavy atom. The SMILES string of the molecule is COc1ccc(C(C#N)N2CCC(O)CC2)cc1. The Hall–Kier alpha value is -1.57. The summed E-state index contributed by atoms with van der Waals surface area (Å²) in [6.07, 6.45) is 1.28. The number of benzene rings is 1. The Bertz CT molecular complexity index is 416. The zero-order valence-corrected chi connectivity index (χ0v) is 10.5. The predicted molar refractivity (Wildman–Crippen MR) is 68.2 cm³/mol. The second-order valence-corrected chi connectivity index (χ2v) is 4.57. The van der Waals surface area contributed by atoms with E-state index in [2.05, 4.69) is 11.0 Å². The third-order valence-electron chi connectivity index (χ3n) is 3.42. The zero-order chi connectivity index (χ0) is 13.0. The molecule has 0 saturated carbocycles. The Balaban J connectivity index is 2.10. The first-order valence-electron chi connectivity index (χ1n) is 6.20. The minimum absolute atomic E-state index is 0.212. The number of piperidine rings is 1. The number of hydrogen-bond acceptors (Lipinski definition) is 4. The molecule has 96 valence electrons. The molecule has 1 N–H and O–H groups in total. The number of nitriles is 1. The van der Waals surface area contributed by atoms with E-state index >= 15 is 0 Å². The lowest BCUT2D eigenvalue weighted by molar-refractivity contribution is 0.0716. The molecule has 2 rings (SSSR count). The van der Waals surface area contributed by atoms with E-state index in [9.17, 15) is 10.4 Å². The Morgan fingerprint density at radius 3 is 2.44 bits per heavy atom. The van der Waals surface area contributed by atoms with Gasteiger partial charge in [0, 0.05) is 13.1 Å². The van der Waals surface area contributed by atoms with Gasteiger partial charge >= 0.3 is 0 Å². The molecule has 1 aliphatic heterocycles. The van der Waals surface area contributed by atoms with Gasteiger partial charge < -0.3 is 9.84 Å². The van der Waals surface area contributed by atoms with Crippen molar-refractivity contribution in [1.82, 2.24) is 4.90 Å². The van der Waals surface area contributed by atoms with E-state index in [4.69, 9.17) is 4.74 Å². The predicted octanol–water partition coefficient (Wildman–Crippen LogP) is 1.72. The smallest absolute Gasteiger partial charge is 0.123 e. The maximum atomic E-state index is 9.49. The topological polar surface area (TPSA) is 56.5 Å². The average molecular weight is 246 g/mol. The van der Waals surface area contributed by atoms with Crippen LogP contribution in [-0.4, -0.2) is 36.3 Å². The van der Waals surface area contributed by atoms with Crippen LogP contribution in [0.1, 0.15) is 24.4 Å². The first kappa shape index (κ1) is 12.9. The Kier molecular flexibility index (Phi) is 4.19. The summed E-state index contributed by atoms with van der Waals surface area (Å²) in [5.74, 6) is 0.796. The molecular weight excluding hydrogens is 228 g/mol. The summed E-state index contributed by atoms with van der Waals surface area (Å²) in [6.45, 7) is 1.54. The number of rotatable bonds is 3. The molecule has 0 aromatic heterocycles. The van der Waals surface area contributed by atoms with Gasteiger partial charge in [-0.05, 0) is 30.5 Å². The quantitative estimate of drug-likeness (QED) is 0.882. The standard InChI is InChI=1S/C14H18N2O2/c1-18-13-4-2-11(3-5-13)14(10-15)16-8-6-12(17)7-9-16/h2-5,12,14,17H,6-9H2,1H3. The molecule has 1 unspecified atom stereocenters. The van der Waals surface area contributed by atoms with Crippen molar-refractivity contribution in [3.63, 3.8) is 0 Å². The van der Waals surface area contributed by atoms with Crippen molar-refractivity contribution < 1.29 is 9.84 Å². The van der Waals surface area contributed by atoms with Crippen LogP contribution in [0.2, 0.25) is 0 Å². The molecule has 1 saturated heterocycles. The highest BCUT2D eigenvalue weighted by molar-refractivity contribution is 5.31. The second-order valence-electron chi connectivity index (χ2n) is 4.57. The molecule has 4 heteroatoms. The maximum absolute atomic E-state index is 9.49. The highest BCUT2D eigenvalue weighted by Gasteiger charge is 2.24. The maximum Gasteiger partial charge on any atom is 0.123 e. The number of hydrogen-bond donors (Lipinski definition) is 1. The van der Waals surface area contributed by atoms with Crippen LogP contribution in [0, 0.1) is 11.3 Å². The molecule has 1 heterocycles. The summed E-state index contributed by atoms with van der Waals surface area (Å²) in [5.41, 5.74) is 0.981. The van der Waals surface area contributed by atoms with Crippen LogP contribution < -0.4 is 4.74 Å². The average Bonchev–Trinajstić information content (AvgIpc) is 2.42. The molecular formula is C14H18N2O2. The van der Waals surface area contributed by atoms with E-state index < -0.39 is 0 Å². The van der Waals surface area contributed by atoms with Gasteiger partial charge in [0.2, 0.25) is 0 Å². The highest BCUT2D eigenvalue weighted by Crippen LogP contribution is 2.25. The van der Waals surface area contributed by atoms with Crippen molar-refractivity contribution >= 4 is 0 Å². The van der Waals surface area contributed by atoms with Crippen LogP contribution in [0.4, 0.5) is 0 Å². The van der Waals surface area contributed by atoms with Gasteiger partial charge in [0.05, 0.1) is 19.3 Å². The molecule has 4 nitrogen and oxygen atoms in total. The van der Waals surface area contributed by atoms with Crippen molar-refractivity contribution in [3.05, 3.63) is 29.8 Å². The lowest BCUT2D eigenvalue weighted by atomic mass is 10.0. The molecule has 1 aromatic carbocycles. The normalized spacial score (nSPS) is 19.2. The molecule has 1 fully saturated rings. The first-order chi connectivity index (χ1) is 8.74.